The predicted molar refractivity (Wildman–Crippen MR) is 81.1 cm³/mol. The summed E-state index contributed by atoms with van der Waals surface area (Å²) in [7, 11) is 0. The van der Waals surface area contributed by atoms with E-state index in [1.165, 1.54) is 11.3 Å². The Morgan fingerprint density at radius 3 is 2.63 bits per heavy atom. The fourth-order valence-corrected chi connectivity index (χ4v) is 2.55. The quantitative estimate of drug-likeness (QED) is 0.917. The number of hydrogen-bond donors (Lipinski definition) is 1. The predicted octanol–water partition coefficient (Wildman–Crippen LogP) is 3.95. The Labute approximate surface area is 124 Å². The third-order valence-corrected chi connectivity index (χ3v) is 3.77. The average Bonchev–Trinajstić information content (AvgIpc) is 2.77. The molecular weight excluding hydrogens is 326 g/mol. The fraction of sp³-hybridized carbons (Fsp3) is 0.308. The minimum Gasteiger partial charge on any atom is -0.301 e. The number of benzene rings is 1. The van der Waals surface area contributed by atoms with Crippen LogP contribution >= 0.6 is 27.3 Å². The molecule has 100 valence electrons. The van der Waals surface area contributed by atoms with E-state index < -0.39 is 0 Å². The second-order valence-corrected chi connectivity index (χ2v) is 6.46. The zero-order valence-electron chi connectivity index (χ0n) is 10.7. The van der Waals surface area contributed by atoms with Crippen molar-refractivity contribution in [2.45, 2.75) is 20.3 Å². The summed E-state index contributed by atoms with van der Waals surface area (Å²) in [6.45, 7) is 4.01. The van der Waals surface area contributed by atoms with Gasteiger partial charge in [-0.3, -0.25) is 4.79 Å². The maximum Gasteiger partial charge on any atom is 0.226 e. The van der Waals surface area contributed by atoms with Crippen LogP contribution in [0.1, 0.15) is 20.3 Å². The molecule has 19 heavy (non-hydrogen) atoms. The third kappa shape index (κ3) is 4.11. The number of hydrogen-bond acceptors (Lipinski definition) is 4. The van der Waals surface area contributed by atoms with Crippen molar-refractivity contribution in [2.24, 2.45) is 5.92 Å². The van der Waals surface area contributed by atoms with Gasteiger partial charge in [-0.25, -0.2) is 0 Å². The molecular formula is C13H14BrN3OS. The summed E-state index contributed by atoms with van der Waals surface area (Å²) < 4.78 is 1.02. The van der Waals surface area contributed by atoms with Gasteiger partial charge in [0.1, 0.15) is 5.01 Å². The topological polar surface area (TPSA) is 54.9 Å². The molecule has 1 N–H and O–H groups in total. The summed E-state index contributed by atoms with van der Waals surface area (Å²) in [5.41, 5.74) is 0.991. The highest BCUT2D eigenvalue weighted by Gasteiger charge is 2.10. The molecule has 0 fully saturated rings. The number of aromatic nitrogens is 2. The van der Waals surface area contributed by atoms with Crippen LogP contribution in [0.25, 0.3) is 10.6 Å². The number of nitrogens with one attached hydrogen (secondary N) is 1. The molecule has 0 radical (unpaired) electrons. The van der Waals surface area contributed by atoms with Crippen molar-refractivity contribution >= 4 is 38.3 Å². The maximum atomic E-state index is 11.6. The molecule has 0 aliphatic rings. The highest BCUT2D eigenvalue weighted by molar-refractivity contribution is 9.10. The van der Waals surface area contributed by atoms with Crippen molar-refractivity contribution in [3.8, 4) is 10.6 Å². The minimum atomic E-state index is -0.0199. The zero-order valence-corrected chi connectivity index (χ0v) is 13.1. The monoisotopic (exact) mass is 339 g/mol. The number of carbonyl (C=O) groups is 1. The van der Waals surface area contributed by atoms with E-state index in [-0.39, 0.29) is 5.91 Å². The molecule has 0 aliphatic heterocycles. The Morgan fingerprint density at radius 1 is 1.32 bits per heavy atom. The van der Waals surface area contributed by atoms with Gasteiger partial charge in [0.2, 0.25) is 11.0 Å². The van der Waals surface area contributed by atoms with Crippen molar-refractivity contribution < 1.29 is 4.79 Å². The summed E-state index contributed by atoms with van der Waals surface area (Å²) in [6.07, 6.45) is 0.493. The van der Waals surface area contributed by atoms with E-state index in [0.29, 0.717) is 17.5 Å². The highest BCUT2D eigenvalue weighted by Crippen LogP contribution is 2.27. The number of amides is 1. The number of nitrogens with zero attached hydrogens (tertiary/aromatic N) is 2. The molecule has 0 unspecified atom stereocenters. The van der Waals surface area contributed by atoms with Gasteiger partial charge in [-0.05, 0) is 18.1 Å². The smallest absolute Gasteiger partial charge is 0.226 e. The highest BCUT2D eigenvalue weighted by atomic mass is 79.9. The van der Waals surface area contributed by atoms with E-state index in [9.17, 15) is 4.79 Å². The van der Waals surface area contributed by atoms with Gasteiger partial charge in [0.15, 0.2) is 0 Å². The van der Waals surface area contributed by atoms with E-state index in [1.807, 2.05) is 38.1 Å². The Hall–Kier alpha value is -1.27. The van der Waals surface area contributed by atoms with E-state index in [0.717, 1.165) is 15.0 Å². The van der Waals surface area contributed by atoms with Crippen molar-refractivity contribution in [3.63, 3.8) is 0 Å². The van der Waals surface area contributed by atoms with Gasteiger partial charge in [0, 0.05) is 16.5 Å². The van der Waals surface area contributed by atoms with Crippen LogP contribution in [0, 0.1) is 5.92 Å². The third-order valence-electron chi connectivity index (χ3n) is 2.36. The van der Waals surface area contributed by atoms with E-state index in [2.05, 4.69) is 31.4 Å². The molecule has 4 nitrogen and oxygen atoms in total. The molecule has 6 heteroatoms. The van der Waals surface area contributed by atoms with Crippen LogP contribution in [0.5, 0.6) is 0 Å². The lowest BCUT2D eigenvalue weighted by molar-refractivity contribution is -0.116. The lowest BCUT2D eigenvalue weighted by atomic mass is 10.1. The van der Waals surface area contributed by atoms with Crippen LogP contribution in [0.2, 0.25) is 0 Å². The first-order chi connectivity index (χ1) is 9.04. The van der Waals surface area contributed by atoms with Crippen molar-refractivity contribution in [1.29, 1.82) is 0 Å². The molecule has 1 amide bonds. The molecule has 0 bridgehead atoms. The number of anilines is 1. The Kier molecular flexibility index (Phi) is 4.66. The summed E-state index contributed by atoms with van der Waals surface area (Å²) in [6, 6.07) is 7.83. The van der Waals surface area contributed by atoms with Crippen LogP contribution in [-0.2, 0) is 4.79 Å². The first kappa shape index (κ1) is 14.1. The van der Waals surface area contributed by atoms with E-state index in [1.54, 1.807) is 0 Å². The summed E-state index contributed by atoms with van der Waals surface area (Å²) in [5, 5.41) is 12.2. The zero-order chi connectivity index (χ0) is 13.8. The van der Waals surface area contributed by atoms with Crippen molar-refractivity contribution in [3.05, 3.63) is 28.7 Å². The number of rotatable bonds is 4. The van der Waals surface area contributed by atoms with Crippen LogP contribution in [-0.4, -0.2) is 16.1 Å². The summed E-state index contributed by atoms with van der Waals surface area (Å²) in [4.78, 5) is 11.6. The Balaban J connectivity index is 2.07. The molecule has 0 atom stereocenters. The second kappa shape index (κ2) is 6.25. The van der Waals surface area contributed by atoms with E-state index in [4.69, 9.17) is 0 Å². The first-order valence-electron chi connectivity index (χ1n) is 5.94. The van der Waals surface area contributed by atoms with Crippen molar-refractivity contribution in [1.82, 2.24) is 10.2 Å². The van der Waals surface area contributed by atoms with Gasteiger partial charge >= 0.3 is 0 Å². The minimum absolute atomic E-state index is 0.0199. The molecule has 2 rings (SSSR count). The fourth-order valence-electron chi connectivity index (χ4n) is 1.52. The van der Waals surface area contributed by atoms with Gasteiger partial charge < -0.3 is 5.32 Å². The van der Waals surface area contributed by atoms with Gasteiger partial charge in [-0.15, -0.1) is 10.2 Å². The molecule has 1 aromatic heterocycles. The van der Waals surface area contributed by atoms with Crippen LogP contribution < -0.4 is 5.32 Å². The van der Waals surface area contributed by atoms with Crippen LogP contribution in [0.4, 0.5) is 5.13 Å². The molecule has 0 spiro atoms. The number of carbonyl (C=O) groups excluding carboxylic acids is 1. The van der Waals surface area contributed by atoms with Crippen molar-refractivity contribution in [2.75, 3.05) is 5.32 Å². The largest absolute Gasteiger partial charge is 0.301 e. The maximum absolute atomic E-state index is 11.6. The molecule has 0 aliphatic carbocycles. The SMILES string of the molecule is CC(C)CC(=O)Nc1nnc(-c2ccc(Br)cc2)s1. The lowest BCUT2D eigenvalue weighted by Crippen LogP contribution is -2.13. The van der Waals surface area contributed by atoms with Crippen LogP contribution in [0.15, 0.2) is 28.7 Å². The normalized spacial score (nSPS) is 10.7. The first-order valence-corrected chi connectivity index (χ1v) is 7.55. The van der Waals surface area contributed by atoms with Crippen LogP contribution in [0.3, 0.4) is 0 Å². The molecule has 1 aromatic carbocycles. The molecule has 2 aromatic rings. The van der Waals surface area contributed by atoms with E-state index >= 15 is 0 Å². The summed E-state index contributed by atoms with van der Waals surface area (Å²) in [5.74, 6) is 0.312. The Morgan fingerprint density at radius 2 is 2.00 bits per heavy atom. The van der Waals surface area contributed by atoms with Gasteiger partial charge in [-0.2, -0.15) is 0 Å². The lowest BCUT2D eigenvalue weighted by Gasteiger charge is -2.02. The van der Waals surface area contributed by atoms with Gasteiger partial charge in [-0.1, -0.05) is 53.2 Å². The number of halogens is 1. The molecule has 1 heterocycles. The molecule has 0 saturated heterocycles. The second-order valence-electron chi connectivity index (χ2n) is 4.57. The average molecular weight is 340 g/mol. The van der Waals surface area contributed by atoms with Gasteiger partial charge in [0.05, 0.1) is 0 Å². The molecule has 0 saturated carbocycles. The Bertz CT molecular complexity index is 566. The standard InChI is InChI=1S/C13H14BrN3OS/c1-8(2)7-11(18)15-13-17-16-12(19-13)9-3-5-10(14)6-4-9/h3-6,8H,7H2,1-2H3,(H,15,17,18). The van der Waals surface area contributed by atoms with Gasteiger partial charge in [0.25, 0.3) is 0 Å². The summed E-state index contributed by atoms with van der Waals surface area (Å²) >= 11 is 4.77.